The molecule has 0 aliphatic heterocycles. The summed E-state index contributed by atoms with van der Waals surface area (Å²) in [4.78, 5) is 16.1. The standard InChI is InChI=1S/C19H16N2O3/c22-17-7-4-12-20-18(17)21-19(23)15-10-8-14(9-11-15)13-24-16-5-2-1-3-6-16/h1-12,22H,13H2,(H,20,21,23). The van der Waals surface area contributed by atoms with Crippen LogP contribution in [0.1, 0.15) is 15.9 Å². The predicted molar refractivity (Wildman–Crippen MR) is 91.1 cm³/mol. The van der Waals surface area contributed by atoms with Gasteiger partial charge in [-0.2, -0.15) is 0 Å². The molecule has 0 saturated carbocycles. The first-order valence-corrected chi connectivity index (χ1v) is 7.44. The van der Waals surface area contributed by atoms with Crippen LogP contribution in [0.4, 0.5) is 5.82 Å². The molecule has 1 heterocycles. The molecular formula is C19H16N2O3. The van der Waals surface area contributed by atoms with Gasteiger partial charge in [0.25, 0.3) is 5.91 Å². The van der Waals surface area contributed by atoms with Crippen molar-refractivity contribution < 1.29 is 14.6 Å². The average molecular weight is 320 g/mol. The van der Waals surface area contributed by atoms with E-state index in [2.05, 4.69) is 10.3 Å². The second-order valence-corrected chi connectivity index (χ2v) is 5.12. The molecule has 2 aromatic carbocycles. The summed E-state index contributed by atoms with van der Waals surface area (Å²) in [6.07, 6.45) is 1.50. The van der Waals surface area contributed by atoms with E-state index in [1.165, 1.54) is 12.3 Å². The number of pyridine rings is 1. The highest BCUT2D eigenvalue weighted by Crippen LogP contribution is 2.19. The lowest BCUT2D eigenvalue weighted by atomic mass is 10.1. The summed E-state index contributed by atoms with van der Waals surface area (Å²) >= 11 is 0. The Bertz CT molecular complexity index is 818. The molecule has 0 aliphatic rings. The van der Waals surface area contributed by atoms with Crippen LogP contribution in [0, 0.1) is 0 Å². The van der Waals surface area contributed by atoms with Gasteiger partial charge in [-0.3, -0.25) is 4.79 Å². The van der Waals surface area contributed by atoms with Crippen molar-refractivity contribution in [1.82, 2.24) is 4.98 Å². The van der Waals surface area contributed by atoms with E-state index >= 15 is 0 Å². The van der Waals surface area contributed by atoms with Crippen LogP contribution in [0.25, 0.3) is 0 Å². The molecule has 0 saturated heterocycles. The predicted octanol–water partition coefficient (Wildman–Crippen LogP) is 3.62. The zero-order chi connectivity index (χ0) is 16.8. The van der Waals surface area contributed by atoms with Crippen molar-refractivity contribution >= 4 is 11.7 Å². The second kappa shape index (κ2) is 7.28. The van der Waals surface area contributed by atoms with Gasteiger partial charge in [0.1, 0.15) is 12.4 Å². The topological polar surface area (TPSA) is 71.5 Å². The van der Waals surface area contributed by atoms with E-state index in [-0.39, 0.29) is 17.5 Å². The number of carbonyl (C=O) groups is 1. The largest absolute Gasteiger partial charge is 0.504 e. The van der Waals surface area contributed by atoms with Crippen molar-refractivity contribution in [2.75, 3.05) is 5.32 Å². The Labute approximate surface area is 139 Å². The van der Waals surface area contributed by atoms with E-state index in [0.29, 0.717) is 12.2 Å². The molecule has 5 nitrogen and oxygen atoms in total. The van der Waals surface area contributed by atoms with E-state index in [9.17, 15) is 9.90 Å². The lowest BCUT2D eigenvalue weighted by molar-refractivity contribution is 0.102. The summed E-state index contributed by atoms with van der Waals surface area (Å²) in [5.41, 5.74) is 1.43. The Morgan fingerprint density at radius 1 is 1.00 bits per heavy atom. The third kappa shape index (κ3) is 3.89. The molecule has 0 fully saturated rings. The van der Waals surface area contributed by atoms with E-state index in [1.54, 1.807) is 18.2 Å². The summed E-state index contributed by atoms with van der Waals surface area (Å²) in [5.74, 6) is 0.530. The lowest BCUT2D eigenvalue weighted by Gasteiger charge is -2.08. The zero-order valence-corrected chi connectivity index (χ0v) is 12.8. The molecule has 2 N–H and O–H groups in total. The maximum atomic E-state index is 12.2. The fourth-order valence-electron chi connectivity index (χ4n) is 2.11. The summed E-state index contributed by atoms with van der Waals surface area (Å²) in [6, 6.07) is 19.7. The molecule has 3 aromatic rings. The van der Waals surface area contributed by atoms with Crippen molar-refractivity contribution in [3.63, 3.8) is 0 Å². The van der Waals surface area contributed by atoms with Crippen molar-refractivity contribution in [2.24, 2.45) is 0 Å². The number of para-hydroxylation sites is 1. The van der Waals surface area contributed by atoms with Crippen molar-refractivity contribution in [3.8, 4) is 11.5 Å². The molecule has 3 rings (SSSR count). The number of nitrogens with zero attached hydrogens (tertiary/aromatic N) is 1. The number of amides is 1. The minimum atomic E-state index is -0.334. The van der Waals surface area contributed by atoms with Crippen LogP contribution in [0.15, 0.2) is 72.9 Å². The number of nitrogens with one attached hydrogen (secondary N) is 1. The number of aromatic nitrogens is 1. The maximum absolute atomic E-state index is 12.2. The first-order chi connectivity index (χ1) is 11.7. The molecule has 0 atom stereocenters. The van der Waals surface area contributed by atoms with E-state index in [1.807, 2.05) is 42.5 Å². The first-order valence-electron chi connectivity index (χ1n) is 7.44. The molecular weight excluding hydrogens is 304 g/mol. The second-order valence-electron chi connectivity index (χ2n) is 5.12. The minimum Gasteiger partial charge on any atom is -0.504 e. The van der Waals surface area contributed by atoms with Gasteiger partial charge in [-0.25, -0.2) is 4.98 Å². The van der Waals surface area contributed by atoms with E-state index < -0.39 is 0 Å². The number of rotatable bonds is 5. The van der Waals surface area contributed by atoms with Crippen LogP contribution < -0.4 is 10.1 Å². The van der Waals surface area contributed by atoms with Crippen LogP contribution in [0.3, 0.4) is 0 Å². The molecule has 1 aromatic heterocycles. The average Bonchev–Trinajstić information content (AvgIpc) is 2.63. The van der Waals surface area contributed by atoms with Gasteiger partial charge in [0.15, 0.2) is 11.6 Å². The number of anilines is 1. The van der Waals surface area contributed by atoms with Crippen LogP contribution in [-0.2, 0) is 6.61 Å². The zero-order valence-electron chi connectivity index (χ0n) is 12.8. The summed E-state index contributed by atoms with van der Waals surface area (Å²) in [7, 11) is 0. The van der Waals surface area contributed by atoms with Gasteiger partial charge in [0.2, 0.25) is 0 Å². The van der Waals surface area contributed by atoms with Crippen molar-refractivity contribution in [2.45, 2.75) is 6.61 Å². The highest BCUT2D eigenvalue weighted by Gasteiger charge is 2.09. The Hall–Kier alpha value is -3.34. The number of hydrogen-bond donors (Lipinski definition) is 2. The molecule has 0 unspecified atom stereocenters. The molecule has 0 radical (unpaired) electrons. The highest BCUT2D eigenvalue weighted by molar-refractivity contribution is 6.04. The fourth-order valence-corrected chi connectivity index (χ4v) is 2.11. The number of benzene rings is 2. The Balaban J connectivity index is 1.61. The number of carbonyl (C=O) groups excluding carboxylic acids is 1. The first kappa shape index (κ1) is 15.6. The van der Waals surface area contributed by atoms with Gasteiger partial charge in [-0.05, 0) is 42.0 Å². The van der Waals surface area contributed by atoms with Crippen LogP contribution in [0.2, 0.25) is 0 Å². The van der Waals surface area contributed by atoms with E-state index in [0.717, 1.165) is 11.3 Å². The molecule has 120 valence electrons. The number of ether oxygens (including phenoxy) is 1. The molecule has 1 amide bonds. The normalized spacial score (nSPS) is 10.2. The molecule has 0 bridgehead atoms. The lowest BCUT2D eigenvalue weighted by Crippen LogP contribution is -2.13. The van der Waals surface area contributed by atoms with Crippen molar-refractivity contribution in [1.29, 1.82) is 0 Å². The van der Waals surface area contributed by atoms with Gasteiger partial charge >= 0.3 is 0 Å². The van der Waals surface area contributed by atoms with Crippen molar-refractivity contribution in [3.05, 3.63) is 84.1 Å². The third-order valence-electron chi connectivity index (χ3n) is 3.38. The molecule has 24 heavy (non-hydrogen) atoms. The summed E-state index contributed by atoms with van der Waals surface area (Å²) < 4.78 is 5.66. The molecule has 0 aliphatic carbocycles. The molecule has 5 heteroatoms. The van der Waals surface area contributed by atoms with Gasteiger partial charge in [0.05, 0.1) is 0 Å². The van der Waals surface area contributed by atoms with Gasteiger partial charge in [-0.1, -0.05) is 30.3 Å². The smallest absolute Gasteiger partial charge is 0.256 e. The number of aromatic hydroxyl groups is 1. The Morgan fingerprint density at radius 2 is 1.75 bits per heavy atom. The summed E-state index contributed by atoms with van der Waals surface area (Å²) in [5, 5.41) is 12.2. The fraction of sp³-hybridized carbons (Fsp3) is 0.0526. The Kier molecular flexibility index (Phi) is 4.72. The minimum absolute atomic E-state index is 0.0706. The van der Waals surface area contributed by atoms with Gasteiger partial charge in [0, 0.05) is 11.8 Å². The monoisotopic (exact) mass is 320 g/mol. The quantitative estimate of drug-likeness (QED) is 0.753. The number of hydrogen-bond acceptors (Lipinski definition) is 4. The maximum Gasteiger partial charge on any atom is 0.256 e. The SMILES string of the molecule is O=C(Nc1ncccc1O)c1ccc(COc2ccccc2)cc1. The van der Waals surface area contributed by atoms with Crippen LogP contribution >= 0.6 is 0 Å². The molecule has 0 spiro atoms. The highest BCUT2D eigenvalue weighted by atomic mass is 16.5. The third-order valence-corrected chi connectivity index (χ3v) is 3.38. The van der Waals surface area contributed by atoms with Gasteiger partial charge in [-0.15, -0.1) is 0 Å². The van der Waals surface area contributed by atoms with Gasteiger partial charge < -0.3 is 15.2 Å². The van der Waals surface area contributed by atoms with Crippen LogP contribution in [-0.4, -0.2) is 16.0 Å². The Morgan fingerprint density at radius 3 is 2.46 bits per heavy atom. The van der Waals surface area contributed by atoms with E-state index in [4.69, 9.17) is 4.74 Å². The van der Waals surface area contributed by atoms with Crippen LogP contribution in [0.5, 0.6) is 11.5 Å². The summed E-state index contributed by atoms with van der Waals surface area (Å²) in [6.45, 7) is 0.424.